The number of carbonyl (C=O) groups is 1. The first kappa shape index (κ1) is 22.9. The van der Waals surface area contributed by atoms with Gasteiger partial charge in [0.15, 0.2) is 0 Å². The van der Waals surface area contributed by atoms with E-state index >= 15 is 0 Å². The molecule has 0 aromatic heterocycles. The fraction of sp³-hybridized carbons (Fsp3) is 0.381. The van der Waals surface area contributed by atoms with Crippen molar-refractivity contribution in [2.24, 2.45) is 0 Å². The summed E-state index contributed by atoms with van der Waals surface area (Å²) in [5.74, 6) is -0.577. The molecule has 0 bridgehead atoms. The van der Waals surface area contributed by atoms with Crippen LogP contribution < -0.4 is 14.5 Å². The molecule has 0 saturated carbocycles. The van der Waals surface area contributed by atoms with Crippen molar-refractivity contribution in [3.05, 3.63) is 53.6 Å². The molecule has 168 valence electrons. The number of hydrogen-bond acceptors (Lipinski definition) is 4. The summed E-state index contributed by atoms with van der Waals surface area (Å²) in [6, 6.07) is 9.32. The summed E-state index contributed by atoms with van der Waals surface area (Å²) in [6.45, 7) is 5.16. The zero-order valence-corrected chi connectivity index (χ0v) is 18.1. The van der Waals surface area contributed by atoms with E-state index in [9.17, 15) is 26.4 Å². The zero-order chi connectivity index (χ0) is 22.8. The van der Waals surface area contributed by atoms with Crippen molar-refractivity contribution in [1.29, 1.82) is 0 Å². The van der Waals surface area contributed by atoms with E-state index < -0.39 is 27.7 Å². The van der Waals surface area contributed by atoms with Crippen LogP contribution in [0.15, 0.2) is 42.5 Å². The van der Waals surface area contributed by atoms with Gasteiger partial charge in [0, 0.05) is 25.2 Å². The normalized spacial score (nSPS) is 15.7. The van der Waals surface area contributed by atoms with Crippen molar-refractivity contribution < 1.29 is 26.4 Å². The minimum Gasteiger partial charge on any atom is -0.370 e. The highest BCUT2D eigenvalue weighted by molar-refractivity contribution is 7.93. The number of halogens is 3. The standard InChI is InChI=1S/C21H24F3N3O3S/c1-3-26(4-2)19-10-9-16(21(22,23)24)14-18(19)25-20(28)15-7-5-8-17(13-15)27-11-6-12-31(27,29)30/h5,7-10,13-14H,3-4,6,11-12H2,1-2H3,(H,25,28). The summed E-state index contributed by atoms with van der Waals surface area (Å²) in [5.41, 5.74) is 0.170. The Morgan fingerprint density at radius 2 is 1.84 bits per heavy atom. The summed E-state index contributed by atoms with van der Waals surface area (Å²) in [5, 5.41) is 2.58. The number of sulfonamides is 1. The van der Waals surface area contributed by atoms with Gasteiger partial charge in [-0.2, -0.15) is 13.2 Å². The lowest BCUT2D eigenvalue weighted by atomic mass is 10.1. The number of benzene rings is 2. The Balaban J connectivity index is 1.95. The van der Waals surface area contributed by atoms with E-state index in [4.69, 9.17) is 0 Å². The van der Waals surface area contributed by atoms with Crippen molar-refractivity contribution in [3.63, 3.8) is 0 Å². The van der Waals surface area contributed by atoms with Crippen molar-refractivity contribution in [1.82, 2.24) is 0 Å². The third-order valence-corrected chi connectivity index (χ3v) is 7.04. The van der Waals surface area contributed by atoms with Crippen LogP contribution in [0.2, 0.25) is 0 Å². The van der Waals surface area contributed by atoms with Gasteiger partial charge < -0.3 is 10.2 Å². The Hall–Kier alpha value is -2.75. The number of nitrogens with one attached hydrogen (secondary N) is 1. The Bertz CT molecular complexity index is 1070. The lowest BCUT2D eigenvalue weighted by Gasteiger charge is -2.25. The van der Waals surface area contributed by atoms with Gasteiger partial charge in [-0.15, -0.1) is 0 Å². The van der Waals surface area contributed by atoms with E-state index in [1.165, 1.54) is 22.5 Å². The van der Waals surface area contributed by atoms with E-state index in [2.05, 4.69) is 5.32 Å². The summed E-state index contributed by atoms with van der Waals surface area (Å²) in [6.07, 6.45) is -4.05. The molecule has 0 atom stereocenters. The number of anilines is 3. The van der Waals surface area contributed by atoms with Gasteiger partial charge in [-0.25, -0.2) is 8.42 Å². The number of amides is 1. The van der Waals surface area contributed by atoms with Crippen LogP contribution in [-0.2, 0) is 16.2 Å². The quantitative estimate of drug-likeness (QED) is 0.704. The number of alkyl halides is 3. The molecular weight excluding hydrogens is 431 g/mol. The molecule has 31 heavy (non-hydrogen) atoms. The predicted octanol–water partition coefficient (Wildman–Crippen LogP) is 4.34. The highest BCUT2D eigenvalue weighted by Gasteiger charge is 2.32. The van der Waals surface area contributed by atoms with Crippen molar-refractivity contribution >= 4 is 33.0 Å². The lowest BCUT2D eigenvalue weighted by Crippen LogP contribution is -2.26. The maximum Gasteiger partial charge on any atom is 0.416 e. The molecule has 0 aliphatic carbocycles. The molecule has 0 unspecified atom stereocenters. The van der Waals surface area contributed by atoms with Crippen LogP contribution in [0, 0.1) is 0 Å². The van der Waals surface area contributed by atoms with E-state index in [-0.39, 0.29) is 17.0 Å². The largest absolute Gasteiger partial charge is 0.416 e. The average molecular weight is 456 g/mol. The molecule has 3 rings (SSSR count). The Labute approximate surface area is 179 Å². The van der Waals surface area contributed by atoms with Crippen molar-refractivity contribution in [3.8, 4) is 0 Å². The molecule has 1 aliphatic heterocycles. The van der Waals surface area contributed by atoms with Gasteiger partial charge in [0.2, 0.25) is 10.0 Å². The molecule has 1 saturated heterocycles. The molecule has 10 heteroatoms. The van der Waals surface area contributed by atoms with Gasteiger partial charge in [-0.05, 0) is 56.7 Å². The molecule has 2 aromatic carbocycles. The number of carbonyl (C=O) groups excluding carboxylic acids is 1. The summed E-state index contributed by atoms with van der Waals surface area (Å²) in [7, 11) is -3.42. The monoisotopic (exact) mass is 455 g/mol. The van der Waals surface area contributed by atoms with Crippen LogP contribution in [0.3, 0.4) is 0 Å². The molecule has 6 nitrogen and oxygen atoms in total. The average Bonchev–Trinajstić information content (AvgIpc) is 3.08. The van der Waals surface area contributed by atoms with Gasteiger partial charge in [-0.3, -0.25) is 9.10 Å². The van der Waals surface area contributed by atoms with Crippen LogP contribution in [0.4, 0.5) is 30.2 Å². The Morgan fingerprint density at radius 3 is 2.42 bits per heavy atom. The van der Waals surface area contributed by atoms with Gasteiger partial charge >= 0.3 is 6.18 Å². The second kappa shape index (κ2) is 8.78. The number of hydrogen-bond donors (Lipinski definition) is 1. The van der Waals surface area contributed by atoms with E-state index in [0.29, 0.717) is 37.4 Å². The molecule has 1 N–H and O–H groups in total. The first-order valence-corrected chi connectivity index (χ1v) is 11.6. The molecular formula is C21H24F3N3O3S. The zero-order valence-electron chi connectivity index (χ0n) is 17.2. The molecule has 1 amide bonds. The molecule has 2 aromatic rings. The highest BCUT2D eigenvalue weighted by atomic mass is 32.2. The van der Waals surface area contributed by atoms with Crippen molar-refractivity contribution in [2.75, 3.05) is 39.9 Å². The van der Waals surface area contributed by atoms with Crippen LogP contribution >= 0.6 is 0 Å². The fourth-order valence-corrected chi connectivity index (χ4v) is 5.14. The maximum absolute atomic E-state index is 13.2. The third kappa shape index (κ3) is 4.95. The summed E-state index contributed by atoms with van der Waals surface area (Å²) in [4.78, 5) is 14.7. The van der Waals surface area contributed by atoms with Gasteiger partial charge in [0.05, 0.1) is 28.4 Å². The van der Waals surface area contributed by atoms with Crippen LogP contribution in [-0.4, -0.2) is 39.7 Å². The minimum absolute atomic E-state index is 0.0425. The molecule has 1 aliphatic rings. The number of nitrogens with zero attached hydrogens (tertiary/aromatic N) is 2. The fourth-order valence-electron chi connectivity index (χ4n) is 3.58. The molecule has 0 radical (unpaired) electrons. The lowest BCUT2D eigenvalue weighted by molar-refractivity contribution is -0.137. The minimum atomic E-state index is -4.55. The smallest absolute Gasteiger partial charge is 0.370 e. The van der Waals surface area contributed by atoms with Crippen LogP contribution in [0.25, 0.3) is 0 Å². The predicted molar refractivity (Wildman–Crippen MR) is 115 cm³/mol. The summed E-state index contributed by atoms with van der Waals surface area (Å²) < 4.78 is 65.3. The number of rotatable bonds is 6. The van der Waals surface area contributed by atoms with Crippen molar-refractivity contribution in [2.45, 2.75) is 26.4 Å². The Kier molecular flexibility index (Phi) is 6.49. The highest BCUT2D eigenvalue weighted by Crippen LogP contribution is 2.36. The van der Waals surface area contributed by atoms with E-state index in [0.717, 1.165) is 12.1 Å². The summed E-state index contributed by atoms with van der Waals surface area (Å²) >= 11 is 0. The van der Waals surface area contributed by atoms with E-state index in [1.54, 1.807) is 12.1 Å². The van der Waals surface area contributed by atoms with Gasteiger partial charge in [0.25, 0.3) is 5.91 Å². The SMILES string of the molecule is CCN(CC)c1ccc(C(F)(F)F)cc1NC(=O)c1cccc(N2CCCS2(=O)=O)c1. The topological polar surface area (TPSA) is 69.7 Å². The second-order valence-electron chi connectivity index (χ2n) is 7.15. The second-order valence-corrected chi connectivity index (χ2v) is 9.16. The first-order chi connectivity index (χ1) is 14.6. The molecule has 1 heterocycles. The maximum atomic E-state index is 13.2. The van der Waals surface area contributed by atoms with Gasteiger partial charge in [0.1, 0.15) is 0 Å². The first-order valence-electron chi connectivity index (χ1n) is 9.95. The van der Waals surface area contributed by atoms with Crippen LogP contribution in [0.5, 0.6) is 0 Å². The van der Waals surface area contributed by atoms with Crippen LogP contribution in [0.1, 0.15) is 36.2 Å². The molecule has 1 fully saturated rings. The molecule has 0 spiro atoms. The third-order valence-electron chi connectivity index (χ3n) is 5.17. The van der Waals surface area contributed by atoms with E-state index in [1.807, 2.05) is 18.7 Å². The van der Waals surface area contributed by atoms with Gasteiger partial charge in [-0.1, -0.05) is 6.07 Å². The Morgan fingerprint density at radius 1 is 1.13 bits per heavy atom.